The van der Waals surface area contributed by atoms with Crippen molar-refractivity contribution in [1.29, 1.82) is 0 Å². The summed E-state index contributed by atoms with van der Waals surface area (Å²) in [5, 5.41) is 2.79. The molecule has 0 saturated carbocycles. The van der Waals surface area contributed by atoms with Crippen LogP contribution in [0.3, 0.4) is 0 Å². The quantitative estimate of drug-likeness (QED) is 0.627. The van der Waals surface area contributed by atoms with Gasteiger partial charge >= 0.3 is 0 Å². The van der Waals surface area contributed by atoms with Gasteiger partial charge in [-0.3, -0.25) is 4.79 Å². The summed E-state index contributed by atoms with van der Waals surface area (Å²) in [5.41, 5.74) is 1.18. The molecule has 2 aromatic carbocycles. The van der Waals surface area contributed by atoms with E-state index in [4.69, 9.17) is 13.9 Å². The molecule has 0 aliphatic rings. The average molecular weight is 369 g/mol. The van der Waals surface area contributed by atoms with Crippen LogP contribution in [-0.4, -0.2) is 19.1 Å². The Morgan fingerprint density at radius 1 is 1.00 bits per heavy atom. The standard InChI is InChI=1S/C21H20FNO4/c1-3-25-16-9-10-19(26-4-2)17(13-16)23-21(24)20-12-11-18(27-20)14-5-7-15(22)8-6-14/h5-13H,3-4H2,1-2H3,(H,23,24). The van der Waals surface area contributed by atoms with E-state index >= 15 is 0 Å². The molecule has 0 spiro atoms. The van der Waals surface area contributed by atoms with Crippen molar-refractivity contribution in [3.05, 3.63) is 66.2 Å². The number of amides is 1. The molecule has 1 aromatic heterocycles. The van der Waals surface area contributed by atoms with Crippen molar-refractivity contribution in [2.24, 2.45) is 0 Å². The molecule has 6 heteroatoms. The van der Waals surface area contributed by atoms with Crippen LogP contribution >= 0.6 is 0 Å². The Balaban J connectivity index is 1.81. The lowest BCUT2D eigenvalue weighted by atomic mass is 10.2. The first-order valence-corrected chi connectivity index (χ1v) is 8.67. The van der Waals surface area contributed by atoms with Crippen LogP contribution in [0.1, 0.15) is 24.4 Å². The molecular formula is C21H20FNO4. The number of carbonyl (C=O) groups is 1. The molecule has 0 radical (unpaired) electrons. The molecule has 0 saturated heterocycles. The minimum absolute atomic E-state index is 0.138. The molecular weight excluding hydrogens is 349 g/mol. The third-order valence-corrected chi connectivity index (χ3v) is 3.77. The van der Waals surface area contributed by atoms with Crippen molar-refractivity contribution in [2.45, 2.75) is 13.8 Å². The normalized spacial score (nSPS) is 10.5. The van der Waals surface area contributed by atoms with Crippen LogP contribution in [0.2, 0.25) is 0 Å². The van der Waals surface area contributed by atoms with E-state index in [0.29, 0.717) is 41.7 Å². The van der Waals surface area contributed by atoms with Crippen molar-refractivity contribution in [1.82, 2.24) is 0 Å². The molecule has 1 amide bonds. The SMILES string of the molecule is CCOc1ccc(OCC)c(NC(=O)c2ccc(-c3ccc(F)cc3)o2)c1. The van der Waals surface area contributed by atoms with Gasteiger partial charge < -0.3 is 19.2 Å². The van der Waals surface area contributed by atoms with Gasteiger partial charge in [-0.05, 0) is 62.4 Å². The molecule has 27 heavy (non-hydrogen) atoms. The first-order valence-electron chi connectivity index (χ1n) is 8.67. The number of anilines is 1. The predicted molar refractivity (Wildman–Crippen MR) is 101 cm³/mol. The Bertz CT molecular complexity index is 918. The number of nitrogens with one attached hydrogen (secondary N) is 1. The first-order chi connectivity index (χ1) is 13.1. The zero-order valence-corrected chi connectivity index (χ0v) is 15.1. The highest BCUT2D eigenvalue weighted by Crippen LogP contribution is 2.30. The maximum atomic E-state index is 13.0. The minimum atomic E-state index is -0.419. The van der Waals surface area contributed by atoms with E-state index in [9.17, 15) is 9.18 Å². The summed E-state index contributed by atoms with van der Waals surface area (Å²) in [5.74, 6) is 1.04. The number of benzene rings is 2. The molecule has 1 N–H and O–H groups in total. The summed E-state index contributed by atoms with van der Waals surface area (Å²) < 4.78 is 29.7. The van der Waals surface area contributed by atoms with E-state index in [-0.39, 0.29) is 11.6 Å². The van der Waals surface area contributed by atoms with Gasteiger partial charge in [-0.2, -0.15) is 0 Å². The largest absolute Gasteiger partial charge is 0.494 e. The number of hydrogen-bond donors (Lipinski definition) is 1. The van der Waals surface area contributed by atoms with Crippen molar-refractivity contribution >= 4 is 11.6 Å². The molecule has 0 atom stereocenters. The van der Waals surface area contributed by atoms with Crippen molar-refractivity contribution < 1.29 is 23.1 Å². The lowest BCUT2D eigenvalue weighted by Gasteiger charge is -2.13. The zero-order chi connectivity index (χ0) is 19.2. The lowest BCUT2D eigenvalue weighted by molar-refractivity contribution is 0.0997. The van der Waals surface area contributed by atoms with Gasteiger partial charge in [0.05, 0.1) is 18.9 Å². The van der Waals surface area contributed by atoms with Gasteiger partial charge in [0.25, 0.3) is 5.91 Å². The Morgan fingerprint density at radius 2 is 1.74 bits per heavy atom. The second kappa shape index (κ2) is 8.40. The van der Waals surface area contributed by atoms with Crippen molar-refractivity contribution in [3.63, 3.8) is 0 Å². The topological polar surface area (TPSA) is 60.7 Å². The summed E-state index contributed by atoms with van der Waals surface area (Å²) in [4.78, 5) is 12.6. The number of furan rings is 1. The van der Waals surface area contributed by atoms with Crippen molar-refractivity contribution in [2.75, 3.05) is 18.5 Å². The van der Waals surface area contributed by atoms with Crippen LogP contribution in [-0.2, 0) is 0 Å². The van der Waals surface area contributed by atoms with Crippen molar-refractivity contribution in [3.8, 4) is 22.8 Å². The number of rotatable bonds is 7. The minimum Gasteiger partial charge on any atom is -0.494 e. The van der Waals surface area contributed by atoms with Gasteiger partial charge in [0.2, 0.25) is 0 Å². The molecule has 5 nitrogen and oxygen atoms in total. The highest BCUT2D eigenvalue weighted by Gasteiger charge is 2.15. The molecule has 3 rings (SSSR count). The lowest BCUT2D eigenvalue weighted by Crippen LogP contribution is -2.12. The second-order valence-electron chi connectivity index (χ2n) is 5.65. The Morgan fingerprint density at radius 3 is 2.44 bits per heavy atom. The highest BCUT2D eigenvalue weighted by molar-refractivity contribution is 6.03. The molecule has 0 fully saturated rings. The molecule has 0 aliphatic heterocycles. The highest BCUT2D eigenvalue weighted by atomic mass is 19.1. The molecule has 0 bridgehead atoms. The molecule has 140 valence electrons. The van der Waals surface area contributed by atoms with E-state index in [1.807, 2.05) is 13.8 Å². The van der Waals surface area contributed by atoms with E-state index in [1.54, 1.807) is 42.5 Å². The van der Waals surface area contributed by atoms with Gasteiger partial charge in [-0.25, -0.2) is 4.39 Å². The van der Waals surface area contributed by atoms with Gasteiger partial charge in [-0.1, -0.05) is 0 Å². The summed E-state index contributed by atoms with van der Waals surface area (Å²) in [7, 11) is 0. The summed E-state index contributed by atoms with van der Waals surface area (Å²) in [6, 6.07) is 14.3. The number of carbonyl (C=O) groups excluding carboxylic acids is 1. The fourth-order valence-electron chi connectivity index (χ4n) is 2.56. The maximum absolute atomic E-state index is 13.0. The number of hydrogen-bond acceptors (Lipinski definition) is 4. The summed E-state index contributed by atoms with van der Waals surface area (Å²) >= 11 is 0. The van der Waals surface area contributed by atoms with Gasteiger partial charge in [0, 0.05) is 11.6 Å². The van der Waals surface area contributed by atoms with E-state index < -0.39 is 5.91 Å². The summed E-state index contributed by atoms with van der Waals surface area (Å²) in [6.45, 7) is 4.73. The van der Waals surface area contributed by atoms with Gasteiger partial charge in [0.15, 0.2) is 5.76 Å². The fraction of sp³-hybridized carbons (Fsp3) is 0.190. The van der Waals surface area contributed by atoms with Crippen LogP contribution in [0, 0.1) is 5.82 Å². The zero-order valence-electron chi connectivity index (χ0n) is 15.1. The summed E-state index contributed by atoms with van der Waals surface area (Å²) in [6.07, 6.45) is 0. The number of halogens is 1. The third-order valence-electron chi connectivity index (χ3n) is 3.77. The van der Waals surface area contributed by atoms with E-state index in [0.717, 1.165) is 0 Å². The fourth-order valence-corrected chi connectivity index (χ4v) is 2.56. The Labute approximate surface area is 156 Å². The maximum Gasteiger partial charge on any atom is 0.291 e. The van der Waals surface area contributed by atoms with Crippen LogP contribution in [0.5, 0.6) is 11.5 Å². The van der Waals surface area contributed by atoms with Crippen LogP contribution < -0.4 is 14.8 Å². The van der Waals surface area contributed by atoms with Crippen LogP contribution in [0.25, 0.3) is 11.3 Å². The Hall–Kier alpha value is -3.28. The number of ether oxygens (including phenoxy) is 2. The van der Waals surface area contributed by atoms with Crippen LogP contribution in [0.4, 0.5) is 10.1 Å². The Kier molecular flexibility index (Phi) is 5.76. The third kappa shape index (κ3) is 4.47. The average Bonchev–Trinajstić information content (AvgIpc) is 3.15. The van der Waals surface area contributed by atoms with Gasteiger partial charge in [0.1, 0.15) is 23.1 Å². The first kappa shape index (κ1) is 18.5. The predicted octanol–water partition coefficient (Wildman–Crippen LogP) is 5.14. The van der Waals surface area contributed by atoms with Gasteiger partial charge in [-0.15, -0.1) is 0 Å². The molecule has 0 unspecified atom stereocenters. The van der Waals surface area contributed by atoms with E-state index in [2.05, 4.69) is 5.32 Å². The molecule has 1 heterocycles. The molecule has 0 aliphatic carbocycles. The van der Waals surface area contributed by atoms with E-state index in [1.165, 1.54) is 12.1 Å². The second-order valence-corrected chi connectivity index (χ2v) is 5.65. The van der Waals surface area contributed by atoms with Crippen LogP contribution in [0.15, 0.2) is 59.0 Å². The molecule has 3 aromatic rings. The monoisotopic (exact) mass is 369 g/mol. The smallest absolute Gasteiger partial charge is 0.291 e.